The molecule has 0 saturated carbocycles. The first-order valence-corrected chi connectivity index (χ1v) is 7.00. The molecule has 3 nitrogen and oxygen atoms in total. The van der Waals surface area contributed by atoms with Crippen molar-refractivity contribution in [3.05, 3.63) is 34.3 Å². The highest BCUT2D eigenvalue weighted by Gasteiger charge is 2.27. The van der Waals surface area contributed by atoms with Crippen LogP contribution in [0, 0.1) is 5.41 Å². The highest BCUT2D eigenvalue weighted by molar-refractivity contribution is 6.30. The van der Waals surface area contributed by atoms with Crippen molar-refractivity contribution in [1.29, 1.82) is 0 Å². The van der Waals surface area contributed by atoms with Crippen molar-refractivity contribution in [2.45, 2.75) is 39.2 Å². The van der Waals surface area contributed by atoms with E-state index in [0.29, 0.717) is 12.5 Å². The minimum atomic E-state index is -0.740. The van der Waals surface area contributed by atoms with Gasteiger partial charge in [0.2, 0.25) is 0 Å². The highest BCUT2D eigenvalue weighted by atomic mass is 35.5. The van der Waals surface area contributed by atoms with Crippen LogP contribution in [-0.4, -0.2) is 23.7 Å². The topological polar surface area (TPSA) is 49.3 Å². The molecular formula is C15H20ClNO2. The Morgan fingerprint density at radius 1 is 1.42 bits per heavy atom. The molecule has 0 fully saturated rings. The molecule has 1 aliphatic rings. The number of rotatable bonds is 5. The van der Waals surface area contributed by atoms with E-state index in [1.807, 2.05) is 12.1 Å². The Kier molecular flexibility index (Phi) is 4.16. The minimum Gasteiger partial charge on any atom is -0.481 e. The number of carbonyl (C=O) groups is 1. The van der Waals surface area contributed by atoms with Crippen LogP contribution in [0.5, 0.6) is 0 Å². The lowest BCUT2D eigenvalue weighted by Gasteiger charge is -2.20. The summed E-state index contributed by atoms with van der Waals surface area (Å²) in [5, 5.41) is 13.3. The van der Waals surface area contributed by atoms with E-state index in [-0.39, 0.29) is 0 Å². The molecule has 0 aliphatic heterocycles. The summed E-state index contributed by atoms with van der Waals surface area (Å²) in [6, 6.07) is 6.44. The predicted octanol–water partition coefficient (Wildman–Crippen LogP) is 2.90. The molecule has 0 heterocycles. The average Bonchev–Trinajstić information content (AvgIpc) is 2.70. The molecular weight excluding hydrogens is 262 g/mol. The van der Waals surface area contributed by atoms with Crippen molar-refractivity contribution in [3.63, 3.8) is 0 Å². The lowest BCUT2D eigenvalue weighted by Crippen LogP contribution is -2.35. The van der Waals surface area contributed by atoms with Gasteiger partial charge in [0.15, 0.2) is 0 Å². The minimum absolute atomic E-state index is 0.401. The number of hydrogen-bond donors (Lipinski definition) is 2. The van der Waals surface area contributed by atoms with Gasteiger partial charge >= 0.3 is 5.97 Å². The summed E-state index contributed by atoms with van der Waals surface area (Å²) in [5.41, 5.74) is 1.99. The Balaban J connectivity index is 1.83. The van der Waals surface area contributed by atoms with Gasteiger partial charge in [-0.2, -0.15) is 0 Å². The van der Waals surface area contributed by atoms with Crippen LogP contribution < -0.4 is 5.32 Å². The zero-order valence-corrected chi connectivity index (χ0v) is 12.1. The predicted molar refractivity (Wildman–Crippen MR) is 76.7 cm³/mol. The largest absolute Gasteiger partial charge is 0.481 e. The number of benzene rings is 1. The number of halogens is 1. The van der Waals surface area contributed by atoms with Gasteiger partial charge in [-0.3, -0.25) is 4.79 Å². The van der Waals surface area contributed by atoms with Crippen molar-refractivity contribution >= 4 is 17.6 Å². The SMILES string of the molecule is CC(C)(CCNC1Cc2ccc(Cl)cc2C1)C(=O)O. The Labute approximate surface area is 119 Å². The van der Waals surface area contributed by atoms with E-state index in [9.17, 15) is 4.79 Å². The van der Waals surface area contributed by atoms with E-state index in [1.54, 1.807) is 13.8 Å². The second-order valence-electron chi connectivity index (χ2n) is 5.91. The first-order valence-electron chi connectivity index (χ1n) is 6.62. The number of fused-ring (bicyclic) bond motifs is 1. The first-order chi connectivity index (χ1) is 8.88. The maximum absolute atomic E-state index is 11.0. The lowest BCUT2D eigenvalue weighted by atomic mass is 9.89. The Hall–Kier alpha value is -1.06. The molecule has 2 N–H and O–H groups in total. The van der Waals surface area contributed by atoms with E-state index in [0.717, 1.165) is 24.4 Å². The third-order valence-corrected chi connectivity index (χ3v) is 4.10. The Bertz CT molecular complexity index is 485. The second-order valence-corrected chi connectivity index (χ2v) is 6.35. The van der Waals surface area contributed by atoms with E-state index in [2.05, 4.69) is 11.4 Å². The summed E-state index contributed by atoms with van der Waals surface area (Å²) >= 11 is 5.98. The Morgan fingerprint density at radius 2 is 2.11 bits per heavy atom. The zero-order chi connectivity index (χ0) is 14.0. The molecule has 19 heavy (non-hydrogen) atoms. The molecule has 0 amide bonds. The fraction of sp³-hybridized carbons (Fsp3) is 0.533. The maximum atomic E-state index is 11.0. The number of aliphatic carboxylic acids is 1. The maximum Gasteiger partial charge on any atom is 0.309 e. The molecule has 2 rings (SSSR count). The molecule has 0 radical (unpaired) electrons. The molecule has 1 atom stereocenters. The summed E-state index contributed by atoms with van der Waals surface area (Å²) in [6.07, 6.45) is 2.61. The van der Waals surface area contributed by atoms with Gasteiger partial charge in [-0.05, 0) is 62.9 Å². The quantitative estimate of drug-likeness (QED) is 0.872. The second kappa shape index (κ2) is 5.51. The van der Waals surface area contributed by atoms with Gasteiger partial charge in [0.05, 0.1) is 5.41 Å². The molecule has 104 valence electrons. The standard InChI is InChI=1S/C15H20ClNO2/c1-15(2,14(18)19)5-6-17-13-8-10-3-4-12(16)7-11(10)9-13/h3-4,7,13,17H,5-6,8-9H2,1-2H3,(H,18,19). The van der Waals surface area contributed by atoms with Gasteiger partial charge in [0.25, 0.3) is 0 Å². The fourth-order valence-corrected chi connectivity index (χ4v) is 2.62. The smallest absolute Gasteiger partial charge is 0.309 e. The lowest BCUT2D eigenvalue weighted by molar-refractivity contribution is -0.147. The van der Waals surface area contributed by atoms with Crippen LogP contribution in [0.15, 0.2) is 18.2 Å². The third-order valence-electron chi connectivity index (χ3n) is 3.86. The van der Waals surface area contributed by atoms with Crippen LogP contribution in [0.2, 0.25) is 5.02 Å². The molecule has 1 aromatic carbocycles. The van der Waals surface area contributed by atoms with E-state index < -0.39 is 11.4 Å². The van der Waals surface area contributed by atoms with E-state index in [4.69, 9.17) is 16.7 Å². The monoisotopic (exact) mass is 281 g/mol. The van der Waals surface area contributed by atoms with Crippen LogP contribution in [0.25, 0.3) is 0 Å². The summed E-state index contributed by atoms with van der Waals surface area (Å²) in [4.78, 5) is 11.0. The van der Waals surface area contributed by atoms with Crippen molar-refractivity contribution in [2.24, 2.45) is 5.41 Å². The van der Waals surface area contributed by atoms with Gasteiger partial charge in [-0.25, -0.2) is 0 Å². The van der Waals surface area contributed by atoms with Crippen LogP contribution in [0.3, 0.4) is 0 Å². The van der Waals surface area contributed by atoms with Gasteiger partial charge in [-0.1, -0.05) is 17.7 Å². The molecule has 0 saturated heterocycles. The highest BCUT2D eigenvalue weighted by Crippen LogP contribution is 2.26. The van der Waals surface area contributed by atoms with Crippen LogP contribution in [0.4, 0.5) is 0 Å². The first kappa shape index (κ1) is 14.4. The molecule has 4 heteroatoms. The van der Waals surface area contributed by atoms with Gasteiger partial charge in [-0.15, -0.1) is 0 Å². The summed E-state index contributed by atoms with van der Waals surface area (Å²) in [7, 11) is 0. The van der Waals surface area contributed by atoms with Crippen molar-refractivity contribution in [2.75, 3.05) is 6.54 Å². The van der Waals surface area contributed by atoms with Crippen molar-refractivity contribution in [1.82, 2.24) is 5.32 Å². The molecule has 0 spiro atoms. The number of carboxylic acids is 1. The zero-order valence-electron chi connectivity index (χ0n) is 11.4. The third kappa shape index (κ3) is 3.48. The van der Waals surface area contributed by atoms with Crippen LogP contribution >= 0.6 is 11.6 Å². The molecule has 1 aliphatic carbocycles. The Morgan fingerprint density at radius 3 is 2.79 bits per heavy atom. The molecule has 1 aromatic rings. The van der Waals surface area contributed by atoms with Gasteiger partial charge < -0.3 is 10.4 Å². The summed E-state index contributed by atoms with van der Waals surface area (Å²) < 4.78 is 0. The number of nitrogens with one attached hydrogen (secondary N) is 1. The number of hydrogen-bond acceptors (Lipinski definition) is 2. The van der Waals surface area contributed by atoms with Gasteiger partial charge in [0, 0.05) is 11.1 Å². The molecule has 0 aromatic heterocycles. The average molecular weight is 282 g/mol. The molecule has 0 bridgehead atoms. The summed E-state index contributed by atoms with van der Waals surface area (Å²) in [5.74, 6) is -0.740. The number of carboxylic acid groups (broad SMARTS) is 1. The van der Waals surface area contributed by atoms with Crippen molar-refractivity contribution < 1.29 is 9.90 Å². The van der Waals surface area contributed by atoms with Gasteiger partial charge in [0.1, 0.15) is 0 Å². The van der Waals surface area contributed by atoms with E-state index >= 15 is 0 Å². The van der Waals surface area contributed by atoms with Crippen LogP contribution in [0.1, 0.15) is 31.4 Å². The molecule has 1 unspecified atom stereocenters. The summed E-state index contributed by atoms with van der Waals surface area (Å²) in [6.45, 7) is 4.26. The van der Waals surface area contributed by atoms with Crippen LogP contribution in [-0.2, 0) is 17.6 Å². The van der Waals surface area contributed by atoms with E-state index in [1.165, 1.54) is 11.1 Å². The normalized spacial score (nSPS) is 18.4. The fourth-order valence-electron chi connectivity index (χ4n) is 2.43. The van der Waals surface area contributed by atoms with Crippen molar-refractivity contribution in [3.8, 4) is 0 Å².